The minimum atomic E-state index is -0.512. The number of aromatic amines is 1. The molecule has 2 atom stereocenters. The monoisotopic (exact) mass is 351 g/mol. The summed E-state index contributed by atoms with van der Waals surface area (Å²) in [5, 5.41) is 2.87. The zero-order valence-corrected chi connectivity index (χ0v) is 14.8. The SMILES string of the molecule is CC(C)=CCO[C@@H]1CCOC[C@@H]1NC(=O)Cc1c[nH]c(=O)n(C)c1=O. The van der Waals surface area contributed by atoms with Crippen LogP contribution in [-0.4, -0.2) is 47.4 Å². The average molecular weight is 351 g/mol. The molecule has 0 bridgehead atoms. The van der Waals surface area contributed by atoms with Crippen LogP contribution >= 0.6 is 0 Å². The lowest BCUT2D eigenvalue weighted by atomic mass is 10.1. The van der Waals surface area contributed by atoms with E-state index in [0.29, 0.717) is 26.2 Å². The molecule has 0 radical (unpaired) electrons. The van der Waals surface area contributed by atoms with Crippen LogP contribution in [0.15, 0.2) is 27.4 Å². The summed E-state index contributed by atoms with van der Waals surface area (Å²) in [7, 11) is 1.37. The van der Waals surface area contributed by atoms with Crippen molar-refractivity contribution in [2.75, 3.05) is 19.8 Å². The van der Waals surface area contributed by atoms with Crippen molar-refractivity contribution in [1.29, 1.82) is 0 Å². The number of hydrogen-bond acceptors (Lipinski definition) is 5. The number of nitrogens with one attached hydrogen (secondary N) is 2. The Labute approximate surface area is 145 Å². The molecule has 0 aromatic carbocycles. The number of rotatable bonds is 6. The van der Waals surface area contributed by atoms with E-state index in [1.54, 1.807) is 0 Å². The molecular formula is C17H25N3O5. The van der Waals surface area contributed by atoms with Gasteiger partial charge in [0.15, 0.2) is 0 Å². The fourth-order valence-corrected chi connectivity index (χ4v) is 2.56. The fraction of sp³-hybridized carbons (Fsp3) is 0.588. The molecule has 1 aliphatic rings. The van der Waals surface area contributed by atoms with E-state index < -0.39 is 11.2 Å². The van der Waals surface area contributed by atoms with Gasteiger partial charge >= 0.3 is 5.69 Å². The molecule has 1 aromatic rings. The zero-order valence-electron chi connectivity index (χ0n) is 14.8. The molecule has 25 heavy (non-hydrogen) atoms. The number of ether oxygens (including phenoxy) is 2. The van der Waals surface area contributed by atoms with Crippen molar-refractivity contribution in [2.24, 2.45) is 7.05 Å². The predicted octanol–water partition coefficient (Wildman–Crippen LogP) is -0.127. The molecule has 2 rings (SSSR count). The van der Waals surface area contributed by atoms with Crippen molar-refractivity contribution < 1.29 is 14.3 Å². The highest BCUT2D eigenvalue weighted by Gasteiger charge is 2.28. The third-order valence-electron chi connectivity index (χ3n) is 4.05. The molecule has 1 amide bonds. The highest BCUT2D eigenvalue weighted by atomic mass is 16.5. The van der Waals surface area contributed by atoms with Gasteiger partial charge in [-0.3, -0.25) is 14.2 Å². The first kappa shape index (κ1) is 19.1. The number of hydrogen-bond donors (Lipinski definition) is 2. The molecule has 0 saturated carbocycles. The van der Waals surface area contributed by atoms with Crippen LogP contribution in [-0.2, 0) is 27.7 Å². The van der Waals surface area contributed by atoms with Crippen molar-refractivity contribution in [1.82, 2.24) is 14.9 Å². The summed E-state index contributed by atoms with van der Waals surface area (Å²) in [5.74, 6) is -0.310. The largest absolute Gasteiger partial charge is 0.379 e. The van der Waals surface area contributed by atoms with E-state index in [1.165, 1.54) is 18.8 Å². The highest BCUT2D eigenvalue weighted by Crippen LogP contribution is 2.12. The molecule has 8 heteroatoms. The molecule has 138 valence electrons. The molecule has 2 heterocycles. The number of allylic oxidation sites excluding steroid dienone is 1. The van der Waals surface area contributed by atoms with Crippen LogP contribution in [0.25, 0.3) is 0 Å². The van der Waals surface area contributed by atoms with Crippen LogP contribution in [0.3, 0.4) is 0 Å². The third-order valence-corrected chi connectivity index (χ3v) is 4.05. The van der Waals surface area contributed by atoms with Gasteiger partial charge in [0, 0.05) is 25.4 Å². The van der Waals surface area contributed by atoms with Crippen molar-refractivity contribution in [3.8, 4) is 0 Å². The maximum Gasteiger partial charge on any atom is 0.328 e. The van der Waals surface area contributed by atoms with Gasteiger partial charge in [0.2, 0.25) is 5.91 Å². The van der Waals surface area contributed by atoms with E-state index in [9.17, 15) is 14.4 Å². The Bertz CT molecular complexity index is 745. The maximum absolute atomic E-state index is 12.3. The lowest BCUT2D eigenvalue weighted by molar-refractivity contribution is -0.125. The average Bonchev–Trinajstić information content (AvgIpc) is 2.57. The number of carbonyl (C=O) groups excluding carboxylic acids is 1. The number of amides is 1. The van der Waals surface area contributed by atoms with Crippen LogP contribution < -0.4 is 16.6 Å². The first-order valence-electron chi connectivity index (χ1n) is 8.28. The molecule has 0 aliphatic carbocycles. The van der Waals surface area contributed by atoms with E-state index in [4.69, 9.17) is 9.47 Å². The second-order valence-corrected chi connectivity index (χ2v) is 6.35. The first-order valence-corrected chi connectivity index (χ1v) is 8.28. The van der Waals surface area contributed by atoms with E-state index in [-0.39, 0.29) is 30.0 Å². The van der Waals surface area contributed by atoms with Crippen LogP contribution in [0.5, 0.6) is 0 Å². The Morgan fingerprint density at radius 3 is 2.96 bits per heavy atom. The predicted molar refractivity (Wildman–Crippen MR) is 92.5 cm³/mol. The van der Waals surface area contributed by atoms with Crippen molar-refractivity contribution in [3.05, 3.63) is 44.2 Å². The third kappa shape index (κ3) is 5.40. The molecule has 8 nitrogen and oxygen atoms in total. The summed E-state index contributed by atoms with van der Waals surface area (Å²) in [6.07, 6.45) is 3.72. The van der Waals surface area contributed by atoms with Crippen molar-refractivity contribution in [2.45, 2.75) is 38.8 Å². The van der Waals surface area contributed by atoms with Gasteiger partial charge < -0.3 is 19.8 Å². The highest BCUT2D eigenvalue weighted by molar-refractivity contribution is 5.78. The van der Waals surface area contributed by atoms with E-state index in [2.05, 4.69) is 10.3 Å². The summed E-state index contributed by atoms with van der Waals surface area (Å²) < 4.78 is 12.2. The molecule has 1 fully saturated rings. The molecule has 0 unspecified atom stereocenters. The van der Waals surface area contributed by atoms with E-state index in [1.807, 2.05) is 19.9 Å². The Morgan fingerprint density at radius 1 is 1.48 bits per heavy atom. The van der Waals surface area contributed by atoms with Gasteiger partial charge in [0.05, 0.1) is 31.8 Å². The lowest BCUT2D eigenvalue weighted by Crippen LogP contribution is -2.51. The van der Waals surface area contributed by atoms with Gasteiger partial charge in [-0.25, -0.2) is 4.79 Å². The van der Waals surface area contributed by atoms with Crippen molar-refractivity contribution >= 4 is 5.91 Å². The van der Waals surface area contributed by atoms with Gasteiger partial charge in [0.1, 0.15) is 0 Å². The standard InChI is InChI=1S/C17H25N3O5/c1-11(2)4-7-25-14-5-6-24-10-13(14)19-15(21)8-12-9-18-17(23)20(3)16(12)22/h4,9,13-14H,5-8,10H2,1-3H3,(H,18,23)(H,19,21)/t13-,14+/m0/s1. The zero-order chi connectivity index (χ0) is 18.4. The summed E-state index contributed by atoms with van der Waals surface area (Å²) >= 11 is 0. The normalized spacial score (nSPS) is 20.1. The summed E-state index contributed by atoms with van der Waals surface area (Å²) in [6, 6.07) is -0.265. The van der Waals surface area contributed by atoms with Gasteiger partial charge in [-0.15, -0.1) is 0 Å². The van der Waals surface area contributed by atoms with Gasteiger partial charge in [-0.2, -0.15) is 0 Å². The Balaban J connectivity index is 1.98. The van der Waals surface area contributed by atoms with Crippen LogP contribution in [0, 0.1) is 0 Å². The van der Waals surface area contributed by atoms with E-state index >= 15 is 0 Å². The Morgan fingerprint density at radius 2 is 2.24 bits per heavy atom. The Hall–Kier alpha value is -2.19. The van der Waals surface area contributed by atoms with Gasteiger partial charge in [-0.05, 0) is 20.3 Å². The first-order chi connectivity index (χ1) is 11.9. The maximum atomic E-state index is 12.3. The number of H-pyrrole nitrogens is 1. The summed E-state index contributed by atoms with van der Waals surface area (Å²) in [4.78, 5) is 38.1. The van der Waals surface area contributed by atoms with Crippen LogP contribution in [0.4, 0.5) is 0 Å². The molecule has 1 saturated heterocycles. The minimum Gasteiger partial charge on any atom is -0.379 e. The van der Waals surface area contributed by atoms with Crippen LogP contribution in [0.1, 0.15) is 25.8 Å². The summed E-state index contributed by atoms with van der Waals surface area (Å²) in [5.41, 5.74) is 0.414. The lowest BCUT2D eigenvalue weighted by Gasteiger charge is -2.31. The van der Waals surface area contributed by atoms with Gasteiger partial charge in [0.25, 0.3) is 5.56 Å². The van der Waals surface area contributed by atoms with Crippen molar-refractivity contribution in [3.63, 3.8) is 0 Å². The molecule has 1 aromatic heterocycles. The molecular weight excluding hydrogens is 326 g/mol. The topological polar surface area (TPSA) is 102 Å². The van der Waals surface area contributed by atoms with Gasteiger partial charge in [-0.1, -0.05) is 11.6 Å². The van der Waals surface area contributed by atoms with Crippen LogP contribution in [0.2, 0.25) is 0 Å². The molecule has 2 N–H and O–H groups in total. The summed E-state index contributed by atoms with van der Waals surface area (Å²) in [6.45, 7) is 5.44. The second-order valence-electron chi connectivity index (χ2n) is 6.35. The number of carbonyl (C=O) groups is 1. The van der Waals surface area contributed by atoms with E-state index in [0.717, 1.165) is 4.57 Å². The smallest absolute Gasteiger partial charge is 0.328 e. The second kappa shape index (κ2) is 8.77. The number of nitrogens with zero attached hydrogens (tertiary/aromatic N) is 1. The molecule has 0 spiro atoms. The Kier molecular flexibility index (Phi) is 6.72. The minimum absolute atomic E-state index is 0.110. The fourth-order valence-electron chi connectivity index (χ4n) is 2.56. The molecule has 1 aliphatic heterocycles. The number of aromatic nitrogens is 2. The quantitative estimate of drug-likeness (QED) is 0.695.